The fourth-order valence-electron chi connectivity index (χ4n) is 1.98. The van der Waals surface area contributed by atoms with Crippen molar-refractivity contribution in [3.8, 4) is 0 Å². The summed E-state index contributed by atoms with van der Waals surface area (Å²) >= 11 is 0. The molecule has 1 amide bonds. The Kier molecular flexibility index (Phi) is 3.12. The lowest BCUT2D eigenvalue weighted by atomic mass is 10.3. The van der Waals surface area contributed by atoms with Crippen molar-refractivity contribution in [2.45, 2.75) is 25.8 Å². The first-order valence-corrected chi connectivity index (χ1v) is 5.66. The van der Waals surface area contributed by atoms with Crippen LogP contribution in [0.25, 0.3) is 0 Å². The van der Waals surface area contributed by atoms with Gasteiger partial charge in [0.2, 0.25) is 5.91 Å². The Morgan fingerprint density at radius 1 is 1.41 bits per heavy atom. The lowest BCUT2D eigenvalue weighted by molar-refractivity contribution is -0.133. The molecule has 2 rings (SSSR count). The zero-order valence-electron chi connectivity index (χ0n) is 9.67. The highest BCUT2D eigenvalue weighted by atomic mass is 16.4. The van der Waals surface area contributed by atoms with Crippen LogP contribution in [0.2, 0.25) is 0 Å². The first kappa shape index (κ1) is 11.6. The second-order valence-corrected chi connectivity index (χ2v) is 4.22. The largest absolute Gasteiger partial charge is 0.478 e. The zero-order chi connectivity index (χ0) is 12.4. The topological polar surface area (TPSA) is 75.4 Å². The van der Waals surface area contributed by atoms with Gasteiger partial charge in [0, 0.05) is 19.3 Å². The third kappa shape index (κ3) is 2.30. The summed E-state index contributed by atoms with van der Waals surface area (Å²) in [5.41, 5.74) is 0.103. The van der Waals surface area contributed by atoms with Gasteiger partial charge in [0.15, 0.2) is 0 Å². The number of aromatic carboxylic acids is 1. The molecule has 0 saturated carbocycles. The molecule has 1 saturated heterocycles. The minimum absolute atomic E-state index is 0.00235. The molecule has 1 aliphatic rings. The molecule has 17 heavy (non-hydrogen) atoms. The quantitative estimate of drug-likeness (QED) is 0.842. The molecule has 1 aromatic heterocycles. The Bertz CT molecular complexity index is 435. The van der Waals surface area contributed by atoms with Gasteiger partial charge in [-0.25, -0.2) is 4.79 Å². The van der Waals surface area contributed by atoms with E-state index in [1.165, 1.54) is 17.1 Å². The van der Waals surface area contributed by atoms with Crippen LogP contribution in [-0.4, -0.2) is 44.8 Å². The summed E-state index contributed by atoms with van der Waals surface area (Å²) in [7, 11) is 0. The molecule has 1 atom stereocenters. The number of carbonyl (C=O) groups excluding carboxylic acids is 1. The number of rotatable bonds is 3. The molecule has 1 aromatic rings. The molecular formula is C11H15N3O3. The van der Waals surface area contributed by atoms with Crippen molar-refractivity contribution in [3.63, 3.8) is 0 Å². The van der Waals surface area contributed by atoms with Crippen LogP contribution in [0.1, 0.15) is 36.2 Å². The molecule has 1 aliphatic heterocycles. The number of aromatic nitrogens is 2. The standard InChI is InChI=1S/C11H15N3O3/c1-8(10(15)13-4-2-3-5-13)14-7-9(6-12-14)11(16)17/h6-8H,2-5H2,1H3,(H,16,17)/t8-/m1/s1. The maximum absolute atomic E-state index is 12.0. The summed E-state index contributed by atoms with van der Waals surface area (Å²) in [6.45, 7) is 3.31. The monoisotopic (exact) mass is 237 g/mol. The molecule has 1 N–H and O–H groups in total. The number of hydrogen-bond acceptors (Lipinski definition) is 3. The van der Waals surface area contributed by atoms with Crippen molar-refractivity contribution < 1.29 is 14.7 Å². The van der Waals surface area contributed by atoms with Crippen molar-refractivity contribution in [2.75, 3.05) is 13.1 Å². The predicted octanol–water partition coefficient (Wildman–Crippen LogP) is 0.765. The van der Waals surface area contributed by atoms with Gasteiger partial charge in [-0.2, -0.15) is 5.10 Å². The third-order valence-corrected chi connectivity index (χ3v) is 3.02. The van der Waals surface area contributed by atoms with Crippen molar-refractivity contribution in [1.82, 2.24) is 14.7 Å². The SMILES string of the molecule is C[C@H](C(=O)N1CCCC1)n1cc(C(=O)O)cn1. The normalized spacial score (nSPS) is 17.1. The van der Waals surface area contributed by atoms with E-state index in [1.54, 1.807) is 11.8 Å². The number of carboxylic acid groups (broad SMARTS) is 1. The number of nitrogens with zero attached hydrogens (tertiary/aromatic N) is 3. The van der Waals surface area contributed by atoms with E-state index in [4.69, 9.17) is 5.11 Å². The summed E-state index contributed by atoms with van der Waals surface area (Å²) < 4.78 is 1.41. The number of carboxylic acids is 1. The van der Waals surface area contributed by atoms with Crippen LogP contribution >= 0.6 is 0 Å². The maximum Gasteiger partial charge on any atom is 0.338 e. The Balaban J connectivity index is 2.09. The van der Waals surface area contributed by atoms with Crippen LogP contribution in [0.4, 0.5) is 0 Å². The van der Waals surface area contributed by atoms with Gasteiger partial charge >= 0.3 is 5.97 Å². The average molecular weight is 237 g/mol. The second kappa shape index (κ2) is 4.57. The molecule has 0 aromatic carbocycles. The highest BCUT2D eigenvalue weighted by molar-refractivity contribution is 5.87. The van der Waals surface area contributed by atoms with Gasteiger partial charge < -0.3 is 10.0 Å². The van der Waals surface area contributed by atoms with E-state index in [0.717, 1.165) is 25.9 Å². The van der Waals surface area contributed by atoms with Crippen LogP contribution in [0.3, 0.4) is 0 Å². The summed E-state index contributed by atoms with van der Waals surface area (Å²) in [4.78, 5) is 24.6. The lowest BCUT2D eigenvalue weighted by Crippen LogP contribution is -2.34. The van der Waals surface area contributed by atoms with Crippen molar-refractivity contribution in [2.24, 2.45) is 0 Å². The van der Waals surface area contributed by atoms with E-state index in [9.17, 15) is 9.59 Å². The van der Waals surface area contributed by atoms with Gasteiger partial charge in [-0.15, -0.1) is 0 Å². The third-order valence-electron chi connectivity index (χ3n) is 3.02. The van der Waals surface area contributed by atoms with Crippen molar-refractivity contribution in [3.05, 3.63) is 18.0 Å². The molecule has 0 unspecified atom stereocenters. The maximum atomic E-state index is 12.0. The van der Waals surface area contributed by atoms with Gasteiger partial charge in [0.05, 0.1) is 11.8 Å². The van der Waals surface area contributed by atoms with Crippen LogP contribution in [0.15, 0.2) is 12.4 Å². The fourth-order valence-corrected chi connectivity index (χ4v) is 1.98. The van der Waals surface area contributed by atoms with E-state index in [1.807, 2.05) is 0 Å². The highest BCUT2D eigenvalue weighted by Crippen LogP contribution is 2.15. The minimum atomic E-state index is -1.03. The van der Waals surface area contributed by atoms with Crippen molar-refractivity contribution in [1.29, 1.82) is 0 Å². The van der Waals surface area contributed by atoms with Gasteiger partial charge in [-0.3, -0.25) is 9.48 Å². The molecule has 0 bridgehead atoms. The lowest BCUT2D eigenvalue weighted by Gasteiger charge is -2.20. The molecule has 0 spiro atoms. The molecular weight excluding hydrogens is 222 g/mol. The van der Waals surface area contributed by atoms with Crippen LogP contribution in [0, 0.1) is 0 Å². The first-order chi connectivity index (χ1) is 8.09. The van der Waals surface area contributed by atoms with E-state index in [-0.39, 0.29) is 11.5 Å². The number of likely N-dealkylation sites (tertiary alicyclic amines) is 1. The van der Waals surface area contributed by atoms with Gasteiger partial charge in [-0.1, -0.05) is 0 Å². The summed E-state index contributed by atoms with van der Waals surface area (Å²) in [6, 6.07) is -0.443. The Morgan fingerprint density at radius 3 is 2.59 bits per heavy atom. The molecule has 6 nitrogen and oxygen atoms in total. The van der Waals surface area contributed by atoms with Crippen LogP contribution in [-0.2, 0) is 4.79 Å². The summed E-state index contributed by atoms with van der Waals surface area (Å²) in [6.07, 6.45) is 4.73. The molecule has 2 heterocycles. The summed E-state index contributed by atoms with van der Waals surface area (Å²) in [5, 5.41) is 12.7. The molecule has 1 fully saturated rings. The molecule has 0 radical (unpaired) electrons. The Hall–Kier alpha value is -1.85. The first-order valence-electron chi connectivity index (χ1n) is 5.66. The van der Waals surface area contributed by atoms with Gasteiger partial charge in [0.25, 0.3) is 0 Å². The van der Waals surface area contributed by atoms with E-state index in [0.29, 0.717) is 0 Å². The molecule has 6 heteroatoms. The fraction of sp³-hybridized carbons (Fsp3) is 0.545. The Labute approximate surface area is 98.8 Å². The number of amides is 1. The number of hydrogen-bond donors (Lipinski definition) is 1. The molecule has 92 valence electrons. The van der Waals surface area contributed by atoms with Crippen LogP contribution in [0.5, 0.6) is 0 Å². The highest BCUT2D eigenvalue weighted by Gasteiger charge is 2.25. The minimum Gasteiger partial charge on any atom is -0.478 e. The smallest absolute Gasteiger partial charge is 0.338 e. The van der Waals surface area contributed by atoms with Crippen molar-refractivity contribution >= 4 is 11.9 Å². The van der Waals surface area contributed by atoms with Gasteiger partial charge in [-0.05, 0) is 19.8 Å². The van der Waals surface area contributed by atoms with E-state index >= 15 is 0 Å². The average Bonchev–Trinajstić information content (AvgIpc) is 2.97. The zero-order valence-corrected chi connectivity index (χ0v) is 9.67. The summed E-state index contributed by atoms with van der Waals surface area (Å²) in [5.74, 6) is -1.03. The van der Waals surface area contributed by atoms with Gasteiger partial charge in [0.1, 0.15) is 6.04 Å². The Morgan fingerprint density at radius 2 is 2.06 bits per heavy atom. The van der Waals surface area contributed by atoms with E-state index in [2.05, 4.69) is 5.10 Å². The van der Waals surface area contributed by atoms with E-state index < -0.39 is 12.0 Å². The number of carbonyl (C=O) groups is 2. The van der Waals surface area contributed by atoms with Crippen LogP contribution < -0.4 is 0 Å². The molecule has 0 aliphatic carbocycles. The predicted molar refractivity (Wildman–Crippen MR) is 59.7 cm³/mol. The second-order valence-electron chi connectivity index (χ2n) is 4.22.